The first-order valence-corrected chi connectivity index (χ1v) is 18.8. The Labute approximate surface area is 322 Å². The number of methoxy groups -OCH3 is 1. The van der Waals surface area contributed by atoms with Gasteiger partial charge in [0.1, 0.15) is 6.61 Å². The molecule has 0 heterocycles. The summed E-state index contributed by atoms with van der Waals surface area (Å²) in [7, 11) is 1.64. The van der Waals surface area contributed by atoms with E-state index in [9.17, 15) is 4.79 Å². The van der Waals surface area contributed by atoms with Gasteiger partial charge in [0.15, 0.2) is 0 Å². The van der Waals surface area contributed by atoms with Gasteiger partial charge in [0.2, 0.25) is 0 Å². The van der Waals surface area contributed by atoms with Gasteiger partial charge in [0, 0.05) is 13.2 Å². The standard InChI is InChI=1S/C36H70O18/c1-3-36(37)54-35-34-53-33-32-52-31-30-51-29-28-50-27-26-49-25-24-48-23-22-47-21-20-46-19-18-45-17-16-44-15-14-43-13-12-42-11-10-41-9-8-40-7-6-39-5-4-38-2/h3H,1,4-35H2,2H3. The first-order chi connectivity index (χ1) is 26.8. The molecule has 54 heavy (non-hydrogen) atoms. The lowest BCUT2D eigenvalue weighted by atomic mass is 10.6. The lowest BCUT2D eigenvalue weighted by Gasteiger charge is -2.09. The van der Waals surface area contributed by atoms with E-state index in [-0.39, 0.29) is 6.61 Å². The summed E-state index contributed by atoms with van der Waals surface area (Å²) in [6.07, 6.45) is 1.11. The van der Waals surface area contributed by atoms with Crippen LogP contribution in [0.4, 0.5) is 0 Å². The Morgan fingerprint density at radius 1 is 0.296 bits per heavy atom. The van der Waals surface area contributed by atoms with Gasteiger partial charge in [-0.25, -0.2) is 4.79 Å². The van der Waals surface area contributed by atoms with Crippen molar-refractivity contribution in [1.29, 1.82) is 0 Å². The maximum atomic E-state index is 10.9. The van der Waals surface area contributed by atoms with E-state index in [4.69, 9.17) is 80.5 Å². The van der Waals surface area contributed by atoms with E-state index in [1.165, 1.54) is 0 Å². The van der Waals surface area contributed by atoms with Gasteiger partial charge in [-0.1, -0.05) is 6.58 Å². The average molecular weight is 791 g/mol. The Balaban J connectivity index is 3.06. The van der Waals surface area contributed by atoms with Crippen LogP contribution in [0, 0.1) is 0 Å². The largest absolute Gasteiger partial charge is 0.460 e. The molecule has 0 spiro atoms. The van der Waals surface area contributed by atoms with Crippen molar-refractivity contribution in [1.82, 2.24) is 0 Å². The number of ether oxygens (including phenoxy) is 17. The van der Waals surface area contributed by atoms with Crippen LogP contribution in [-0.2, 0) is 85.3 Å². The first-order valence-electron chi connectivity index (χ1n) is 18.8. The third-order valence-corrected chi connectivity index (χ3v) is 6.28. The molecule has 0 rings (SSSR count). The molecule has 18 nitrogen and oxygen atoms in total. The monoisotopic (exact) mass is 790 g/mol. The summed E-state index contributed by atoms with van der Waals surface area (Å²) < 4.78 is 91.2. The predicted molar refractivity (Wildman–Crippen MR) is 195 cm³/mol. The quantitative estimate of drug-likeness (QED) is 0.0476. The third-order valence-electron chi connectivity index (χ3n) is 6.28. The van der Waals surface area contributed by atoms with E-state index in [0.717, 1.165) is 6.08 Å². The molecule has 0 fully saturated rings. The molecule has 0 aromatic heterocycles. The van der Waals surface area contributed by atoms with Gasteiger partial charge in [0.25, 0.3) is 0 Å². The molecule has 0 bridgehead atoms. The van der Waals surface area contributed by atoms with Crippen LogP contribution in [0.1, 0.15) is 0 Å². The van der Waals surface area contributed by atoms with Crippen LogP contribution >= 0.6 is 0 Å². The van der Waals surface area contributed by atoms with Crippen molar-refractivity contribution in [2.45, 2.75) is 0 Å². The molecule has 0 aliphatic carbocycles. The minimum atomic E-state index is -0.462. The van der Waals surface area contributed by atoms with Crippen LogP contribution in [0.15, 0.2) is 12.7 Å². The Bertz CT molecular complexity index is 723. The maximum Gasteiger partial charge on any atom is 0.330 e. The molecule has 0 aromatic carbocycles. The zero-order valence-electron chi connectivity index (χ0n) is 32.8. The molecule has 0 aromatic rings. The second-order valence-electron chi connectivity index (χ2n) is 10.6. The predicted octanol–water partition coefficient (Wildman–Crippen LogP) is 0.611. The van der Waals surface area contributed by atoms with Gasteiger partial charge >= 0.3 is 5.97 Å². The van der Waals surface area contributed by atoms with Crippen molar-refractivity contribution in [3.05, 3.63) is 12.7 Å². The van der Waals surface area contributed by atoms with E-state index in [1.807, 2.05) is 0 Å². The highest BCUT2D eigenvalue weighted by molar-refractivity contribution is 5.81. The van der Waals surface area contributed by atoms with Crippen LogP contribution in [0.2, 0.25) is 0 Å². The number of rotatable bonds is 49. The van der Waals surface area contributed by atoms with Gasteiger partial charge in [-0.05, 0) is 0 Å². The molecule has 0 atom stereocenters. The van der Waals surface area contributed by atoms with Crippen molar-refractivity contribution in [2.75, 3.05) is 219 Å². The summed E-state index contributed by atoms with van der Waals surface area (Å²) in [4.78, 5) is 10.9. The van der Waals surface area contributed by atoms with Gasteiger partial charge in [-0.2, -0.15) is 0 Å². The summed E-state index contributed by atoms with van der Waals surface area (Å²) in [5.41, 5.74) is 0. The van der Waals surface area contributed by atoms with Crippen LogP contribution in [0.25, 0.3) is 0 Å². The zero-order valence-corrected chi connectivity index (χ0v) is 32.8. The smallest absolute Gasteiger partial charge is 0.330 e. The molecular weight excluding hydrogens is 720 g/mol. The topological polar surface area (TPSA) is 174 Å². The first kappa shape index (κ1) is 52.6. The molecule has 0 saturated heterocycles. The Morgan fingerprint density at radius 3 is 0.593 bits per heavy atom. The minimum Gasteiger partial charge on any atom is -0.460 e. The van der Waals surface area contributed by atoms with E-state index in [2.05, 4.69) is 6.58 Å². The minimum absolute atomic E-state index is 0.194. The van der Waals surface area contributed by atoms with E-state index < -0.39 is 5.97 Å². The molecule has 0 unspecified atom stereocenters. The molecule has 0 aliphatic rings. The molecule has 0 saturated carbocycles. The molecule has 322 valence electrons. The Morgan fingerprint density at radius 2 is 0.444 bits per heavy atom. The average Bonchev–Trinajstić information content (AvgIpc) is 3.18. The van der Waals surface area contributed by atoms with Gasteiger partial charge in [-0.3, -0.25) is 0 Å². The number of hydrogen-bond donors (Lipinski definition) is 0. The van der Waals surface area contributed by atoms with Crippen molar-refractivity contribution in [2.24, 2.45) is 0 Å². The molecular formula is C36H70O18. The van der Waals surface area contributed by atoms with Crippen LogP contribution in [0.3, 0.4) is 0 Å². The summed E-state index contributed by atoms with van der Waals surface area (Å²) in [5.74, 6) is -0.462. The second-order valence-corrected chi connectivity index (χ2v) is 10.6. The van der Waals surface area contributed by atoms with Gasteiger partial charge < -0.3 is 80.5 Å². The van der Waals surface area contributed by atoms with Crippen molar-refractivity contribution >= 4 is 5.97 Å². The third kappa shape index (κ3) is 48.6. The fourth-order valence-corrected chi connectivity index (χ4v) is 3.58. The summed E-state index contributed by atoms with van der Waals surface area (Å²) >= 11 is 0. The molecule has 0 amide bonds. The van der Waals surface area contributed by atoms with Crippen molar-refractivity contribution in [3.8, 4) is 0 Å². The highest BCUT2D eigenvalue weighted by Gasteiger charge is 1.98. The van der Waals surface area contributed by atoms with E-state index in [0.29, 0.717) is 205 Å². The summed E-state index contributed by atoms with van der Waals surface area (Å²) in [6.45, 7) is 18.8. The fraction of sp³-hybridized carbons (Fsp3) is 0.917. The van der Waals surface area contributed by atoms with Crippen molar-refractivity contribution < 1.29 is 85.3 Å². The molecule has 0 aliphatic heterocycles. The van der Waals surface area contributed by atoms with Crippen molar-refractivity contribution in [3.63, 3.8) is 0 Å². The number of carbonyl (C=O) groups is 1. The maximum absolute atomic E-state index is 10.9. The Hall–Kier alpha value is -1.43. The van der Waals surface area contributed by atoms with E-state index >= 15 is 0 Å². The summed E-state index contributed by atoms with van der Waals surface area (Å²) in [5, 5.41) is 0. The Kier molecular flexibility index (Phi) is 48.3. The highest BCUT2D eigenvalue weighted by Crippen LogP contribution is 1.89. The normalized spacial score (nSPS) is 11.4. The number of esters is 1. The second kappa shape index (κ2) is 49.6. The molecule has 0 radical (unpaired) electrons. The zero-order chi connectivity index (χ0) is 38.9. The SMILES string of the molecule is C=CC(=O)OCCOCCOCCOCCOCCOCCOCCOCCOCCOCCOCCOCCOCCOCCOCCOCCOC. The van der Waals surface area contributed by atoms with E-state index in [1.54, 1.807) is 7.11 Å². The lowest BCUT2D eigenvalue weighted by Crippen LogP contribution is -2.16. The molecule has 18 heteroatoms. The summed E-state index contributed by atoms with van der Waals surface area (Å²) in [6, 6.07) is 0. The van der Waals surface area contributed by atoms with Gasteiger partial charge in [0.05, 0.1) is 205 Å². The number of hydrogen-bond acceptors (Lipinski definition) is 18. The van der Waals surface area contributed by atoms with Crippen LogP contribution in [0.5, 0.6) is 0 Å². The van der Waals surface area contributed by atoms with Crippen LogP contribution < -0.4 is 0 Å². The highest BCUT2D eigenvalue weighted by atomic mass is 16.6. The van der Waals surface area contributed by atoms with Gasteiger partial charge in [-0.15, -0.1) is 0 Å². The lowest BCUT2D eigenvalue weighted by molar-refractivity contribution is -0.139. The van der Waals surface area contributed by atoms with Crippen LogP contribution in [-0.4, -0.2) is 224 Å². The molecule has 0 N–H and O–H groups in total. The number of carbonyl (C=O) groups excluding carboxylic acids is 1. The fourth-order valence-electron chi connectivity index (χ4n) is 3.58.